The third-order valence-corrected chi connectivity index (χ3v) is 4.79. The van der Waals surface area contributed by atoms with E-state index in [0.717, 1.165) is 38.1 Å². The Bertz CT molecular complexity index is 608. The van der Waals surface area contributed by atoms with E-state index in [1.807, 2.05) is 0 Å². The smallest absolute Gasteiger partial charge is 0.392 e. The Balaban J connectivity index is 1.68. The number of likely N-dealkylation sites (tertiary alicyclic amines) is 1. The van der Waals surface area contributed by atoms with Crippen molar-refractivity contribution in [3.05, 3.63) is 29.6 Å². The van der Waals surface area contributed by atoms with E-state index in [2.05, 4.69) is 15.2 Å². The average molecular weight is 343 g/mol. The lowest BCUT2D eigenvalue weighted by Gasteiger charge is -2.29. The van der Waals surface area contributed by atoms with Gasteiger partial charge in [-0.05, 0) is 31.7 Å². The van der Waals surface area contributed by atoms with Crippen LogP contribution in [0, 0.1) is 0 Å². The minimum Gasteiger partial charge on any atom is -0.392 e. The zero-order valence-corrected chi connectivity index (χ0v) is 13.1. The summed E-state index contributed by atoms with van der Waals surface area (Å²) in [6, 6.07) is 0.841. The average Bonchev–Trinajstić information content (AvgIpc) is 3.15. The minimum atomic E-state index is -4.52. The van der Waals surface area contributed by atoms with Crippen molar-refractivity contribution < 1.29 is 23.1 Å². The Labute approximate surface area is 137 Å². The molecular formula is C16H20F3N3O2. The summed E-state index contributed by atoms with van der Waals surface area (Å²) >= 11 is 0. The number of amides is 1. The van der Waals surface area contributed by atoms with Crippen LogP contribution in [0.15, 0.2) is 18.5 Å². The van der Waals surface area contributed by atoms with Crippen LogP contribution in [0.1, 0.15) is 41.6 Å². The molecule has 1 amide bonds. The van der Waals surface area contributed by atoms with E-state index < -0.39 is 17.6 Å². The summed E-state index contributed by atoms with van der Waals surface area (Å²) in [5, 5.41) is 12.5. The zero-order chi connectivity index (χ0) is 17.3. The number of carbonyl (C=O) groups is 1. The van der Waals surface area contributed by atoms with Gasteiger partial charge in [0.15, 0.2) is 0 Å². The predicted octanol–water partition coefficient (Wildman–Crippen LogP) is 1.82. The summed E-state index contributed by atoms with van der Waals surface area (Å²) in [7, 11) is 0. The molecule has 8 heteroatoms. The van der Waals surface area contributed by atoms with Crippen molar-refractivity contribution in [3.8, 4) is 0 Å². The fourth-order valence-electron chi connectivity index (χ4n) is 3.59. The molecule has 24 heavy (non-hydrogen) atoms. The van der Waals surface area contributed by atoms with Gasteiger partial charge in [-0.25, -0.2) is 0 Å². The maximum Gasteiger partial charge on any atom is 0.417 e. The van der Waals surface area contributed by atoms with Crippen molar-refractivity contribution in [1.82, 2.24) is 15.2 Å². The molecule has 1 aliphatic heterocycles. The van der Waals surface area contributed by atoms with Gasteiger partial charge in [0, 0.05) is 37.6 Å². The number of aliphatic hydroxyl groups is 1. The number of β-amino-alcohol motifs (C(OH)–C–C–N with tert-alkyl or cyclic N) is 1. The molecule has 132 valence electrons. The first-order valence-electron chi connectivity index (χ1n) is 8.10. The molecule has 1 unspecified atom stereocenters. The monoisotopic (exact) mass is 343 g/mol. The van der Waals surface area contributed by atoms with E-state index >= 15 is 0 Å². The van der Waals surface area contributed by atoms with Gasteiger partial charge in [0.1, 0.15) is 0 Å². The van der Waals surface area contributed by atoms with Crippen LogP contribution in [-0.2, 0) is 6.18 Å². The molecule has 1 aliphatic carbocycles. The molecule has 3 rings (SSSR count). The number of aromatic nitrogens is 1. The third-order valence-electron chi connectivity index (χ3n) is 4.79. The van der Waals surface area contributed by atoms with Gasteiger partial charge in [0.05, 0.1) is 17.2 Å². The lowest BCUT2D eigenvalue weighted by molar-refractivity contribution is -0.137. The van der Waals surface area contributed by atoms with Crippen LogP contribution in [0.5, 0.6) is 0 Å². The number of carbonyl (C=O) groups excluding carboxylic acids is 1. The Kier molecular flexibility index (Phi) is 4.78. The van der Waals surface area contributed by atoms with E-state index in [1.165, 1.54) is 0 Å². The molecule has 5 nitrogen and oxygen atoms in total. The Hall–Kier alpha value is -1.67. The van der Waals surface area contributed by atoms with E-state index in [-0.39, 0.29) is 23.8 Å². The van der Waals surface area contributed by atoms with E-state index in [9.17, 15) is 23.1 Å². The maximum absolute atomic E-state index is 12.7. The van der Waals surface area contributed by atoms with Crippen molar-refractivity contribution in [1.29, 1.82) is 0 Å². The number of pyridine rings is 1. The normalized spacial score (nSPS) is 28.2. The van der Waals surface area contributed by atoms with Crippen molar-refractivity contribution in [2.75, 3.05) is 13.1 Å². The van der Waals surface area contributed by atoms with Gasteiger partial charge in [0.25, 0.3) is 5.91 Å². The van der Waals surface area contributed by atoms with Gasteiger partial charge >= 0.3 is 6.18 Å². The molecule has 2 aliphatic rings. The lowest BCUT2D eigenvalue weighted by Crippen LogP contribution is -2.48. The number of rotatable bonds is 3. The first-order valence-corrected chi connectivity index (χ1v) is 8.10. The fourth-order valence-corrected chi connectivity index (χ4v) is 3.59. The number of aliphatic hydroxyl groups excluding tert-OH is 1. The highest BCUT2D eigenvalue weighted by molar-refractivity contribution is 5.94. The highest BCUT2D eigenvalue weighted by atomic mass is 19.4. The second-order valence-electron chi connectivity index (χ2n) is 6.48. The number of halogens is 3. The number of nitrogens with zero attached hydrogens (tertiary/aromatic N) is 2. The number of nitrogens with one attached hydrogen (secondary N) is 1. The standard InChI is InChI=1S/C16H20F3N3O2/c17-16(18,19)11-6-10(7-20-8-11)15(24)21-13-2-1-3-14(13)22-5-4-12(23)9-22/h6-8,12-14,23H,1-5,9H2,(H,21,24)/t12?,13-,14+/m1/s1. The Morgan fingerprint density at radius 3 is 2.75 bits per heavy atom. The Morgan fingerprint density at radius 1 is 1.29 bits per heavy atom. The molecule has 1 aromatic heterocycles. The summed E-state index contributed by atoms with van der Waals surface area (Å²) in [5.74, 6) is -0.537. The number of hydrogen-bond donors (Lipinski definition) is 2. The van der Waals surface area contributed by atoms with Crippen LogP contribution in [0.2, 0.25) is 0 Å². The van der Waals surface area contributed by atoms with Gasteiger partial charge in [-0.3, -0.25) is 14.7 Å². The molecule has 0 aromatic carbocycles. The van der Waals surface area contributed by atoms with Crippen molar-refractivity contribution >= 4 is 5.91 Å². The second kappa shape index (κ2) is 6.68. The van der Waals surface area contributed by atoms with Crippen molar-refractivity contribution in [2.45, 2.75) is 50.0 Å². The molecule has 1 saturated heterocycles. The molecular weight excluding hydrogens is 323 g/mol. The molecule has 0 radical (unpaired) electrons. The topological polar surface area (TPSA) is 65.5 Å². The minimum absolute atomic E-state index is 0.0862. The third kappa shape index (κ3) is 3.70. The Morgan fingerprint density at radius 2 is 2.08 bits per heavy atom. The summed E-state index contributed by atoms with van der Waals surface area (Å²) in [5.41, 5.74) is -1.02. The van der Waals surface area contributed by atoms with Crippen LogP contribution in [0.4, 0.5) is 13.2 Å². The SMILES string of the molecule is O=C(N[C@@H]1CCC[C@@H]1N1CCC(O)C1)c1cncc(C(F)(F)F)c1. The summed E-state index contributed by atoms with van der Waals surface area (Å²) < 4.78 is 38.2. The first kappa shape index (κ1) is 17.2. The van der Waals surface area contributed by atoms with Gasteiger partial charge in [-0.2, -0.15) is 13.2 Å². The highest BCUT2D eigenvalue weighted by Gasteiger charge is 2.37. The molecule has 0 spiro atoms. The molecule has 3 atom stereocenters. The van der Waals surface area contributed by atoms with Crippen molar-refractivity contribution in [2.24, 2.45) is 0 Å². The molecule has 2 heterocycles. The highest BCUT2D eigenvalue weighted by Crippen LogP contribution is 2.30. The van der Waals surface area contributed by atoms with Crippen LogP contribution < -0.4 is 5.32 Å². The second-order valence-corrected chi connectivity index (χ2v) is 6.48. The fraction of sp³-hybridized carbons (Fsp3) is 0.625. The van der Waals surface area contributed by atoms with Crippen LogP contribution in [0.3, 0.4) is 0 Å². The molecule has 1 saturated carbocycles. The molecule has 2 N–H and O–H groups in total. The van der Waals surface area contributed by atoms with E-state index in [1.54, 1.807) is 0 Å². The van der Waals surface area contributed by atoms with E-state index in [0.29, 0.717) is 19.2 Å². The number of alkyl halides is 3. The molecule has 1 aromatic rings. The largest absolute Gasteiger partial charge is 0.417 e. The van der Waals surface area contributed by atoms with Crippen LogP contribution in [-0.4, -0.2) is 52.2 Å². The quantitative estimate of drug-likeness (QED) is 0.879. The van der Waals surface area contributed by atoms with Crippen LogP contribution in [0.25, 0.3) is 0 Å². The summed E-state index contributed by atoms with van der Waals surface area (Å²) in [4.78, 5) is 18.0. The van der Waals surface area contributed by atoms with Crippen molar-refractivity contribution in [3.63, 3.8) is 0 Å². The van der Waals surface area contributed by atoms with Gasteiger partial charge in [-0.1, -0.05) is 0 Å². The zero-order valence-electron chi connectivity index (χ0n) is 13.1. The lowest BCUT2D eigenvalue weighted by atomic mass is 10.1. The molecule has 0 bridgehead atoms. The number of hydrogen-bond acceptors (Lipinski definition) is 4. The first-order chi connectivity index (χ1) is 11.3. The van der Waals surface area contributed by atoms with Gasteiger partial charge < -0.3 is 10.4 Å². The van der Waals surface area contributed by atoms with Crippen LogP contribution >= 0.6 is 0 Å². The molecule has 2 fully saturated rings. The maximum atomic E-state index is 12.7. The predicted molar refractivity (Wildman–Crippen MR) is 80.3 cm³/mol. The van der Waals surface area contributed by atoms with Gasteiger partial charge in [-0.15, -0.1) is 0 Å². The van der Waals surface area contributed by atoms with Gasteiger partial charge in [0.2, 0.25) is 0 Å². The summed E-state index contributed by atoms with van der Waals surface area (Å²) in [6.07, 6.45) is 0.362. The van der Waals surface area contributed by atoms with E-state index in [4.69, 9.17) is 0 Å². The summed E-state index contributed by atoms with van der Waals surface area (Å²) in [6.45, 7) is 1.37.